The Kier molecular flexibility index (Phi) is 5.52. The van der Waals surface area contributed by atoms with Crippen molar-refractivity contribution in [3.8, 4) is 0 Å². The van der Waals surface area contributed by atoms with Gasteiger partial charge in [-0.25, -0.2) is 4.98 Å². The van der Waals surface area contributed by atoms with Crippen LogP contribution in [0, 0.1) is 12.8 Å². The quantitative estimate of drug-likeness (QED) is 0.876. The molecule has 0 unspecified atom stereocenters. The molecule has 6 nitrogen and oxygen atoms in total. The van der Waals surface area contributed by atoms with Gasteiger partial charge < -0.3 is 10.6 Å². The molecule has 122 valence electrons. The molecule has 1 saturated heterocycles. The Balaban J connectivity index is 1.94. The highest BCUT2D eigenvalue weighted by Crippen LogP contribution is 2.19. The van der Waals surface area contributed by atoms with Gasteiger partial charge in [-0.1, -0.05) is 0 Å². The number of hydrogen-bond donors (Lipinski definition) is 1. The minimum Gasteiger partial charge on any atom is -0.369 e. The van der Waals surface area contributed by atoms with Gasteiger partial charge in [0.1, 0.15) is 0 Å². The van der Waals surface area contributed by atoms with Crippen molar-refractivity contribution < 1.29 is 9.59 Å². The first-order chi connectivity index (χ1) is 10.4. The van der Waals surface area contributed by atoms with E-state index in [1.54, 1.807) is 16.2 Å². The average Bonchev–Trinajstić information content (AvgIpc) is 2.90. The third kappa shape index (κ3) is 4.04. The number of nitrogens with zero attached hydrogens (tertiary/aromatic N) is 3. The van der Waals surface area contributed by atoms with Crippen molar-refractivity contribution in [2.75, 3.05) is 20.1 Å². The van der Waals surface area contributed by atoms with E-state index in [0.29, 0.717) is 19.6 Å². The summed E-state index contributed by atoms with van der Waals surface area (Å²) in [5.41, 5.74) is 5.38. The molecule has 1 aliphatic rings. The van der Waals surface area contributed by atoms with Crippen LogP contribution in [0.4, 0.5) is 0 Å². The summed E-state index contributed by atoms with van der Waals surface area (Å²) >= 11 is 1.65. The first-order valence-corrected chi connectivity index (χ1v) is 8.39. The summed E-state index contributed by atoms with van der Waals surface area (Å²) in [6.45, 7) is 5.74. The fourth-order valence-electron chi connectivity index (χ4n) is 2.72. The second kappa shape index (κ2) is 7.19. The number of hydrogen-bond acceptors (Lipinski definition) is 5. The number of aryl methyl sites for hydroxylation is 1. The monoisotopic (exact) mass is 324 g/mol. The van der Waals surface area contributed by atoms with Gasteiger partial charge in [0.05, 0.1) is 17.0 Å². The Labute approximate surface area is 135 Å². The van der Waals surface area contributed by atoms with E-state index in [1.807, 2.05) is 32.0 Å². The van der Waals surface area contributed by atoms with Crippen LogP contribution in [0.3, 0.4) is 0 Å². The van der Waals surface area contributed by atoms with Crippen molar-refractivity contribution in [2.24, 2.45) is 11.7 Å². The van der Waals surface area contributed by atoms with Gasteiger partial charge in [-0.05, 0) is 33.7 Å². The average molecular weight is 324 g/mol. The van der Waals surface area contributed by atoms with Gasteiger partial charge in [0, 0.05) is 30.7 Å². The number of primary amides is 1. The first-order valence-electron chi connectivity index (χ1n) is 7.58. The Hall–Kier alpha value is -1.47. The number of rotatable bonds is 5. The number of nitrogens with two attached hydrogens (primary N) is 1. The Morgan fingerprint density at radius 3 is 2.91 bits per heavy atom. The van der Waals surface area contributed by atoms with Crippen molar-refractivity contribution in [1.82, 2.24) is 14.8 Å². The van der Waals surface area contributed by atoms with Gasteiger partial charge in [0.2, 0.25) is 11.8 Å². The lowest BCUT2D eigenvalue weighted by atomic mass is 9.97. The van der Waals surface area contributed by atoms with Crippen molar-refractivity contribution in [3.05, 3.63) is 16.1 Å². The summed E-state index contributed by atoms with van der Waals surface area (Å²) in [6.07, 6.45) is 3.48. The smallest absolute Gasteiger partial charge is 0.239 e. The Morgan fingerprint density at radius 1 is 1.59 bits per heavy atom. The van der Waals surface area contributed by atoms with E-state index in [0.717, 1.165) is 22.7 Å². The normalized spacial score (nSPS) is 20.2. The molecule has 2 N–H and O–H groups in total. The van der Waals surface area contributed by atoms with Gasteiger partial charge in [0.25, 0.3) is 0 Å². The van der Waals surface area contributed by atoms with E-state index in [9.17, 15) is 9.59 Å². The number of thiazole rings is 1. The van der Waals surface area contributed by atoms with Crippen LogP contribution in [0.1, 0.15) is 29.7 Å². The molecule has 1 aromatic rings. The maximum absolute atomic E-state index is 12.6. The SMILES string of the molecule is Cc1ncc(CN(C)[C@@H](C)C(=O)N2CCC[C@@H](C(N)=O)C2)s1. The molecule has 2 heterocycles. The molecule has 0 bridgehead atoms. The molecule has 2 amide bonds. The molecule has 0 saturated carbocycles. The lowest BCUT2D eigenvalue weighted by Crippen LogP contribution is -2.50. The zero-order chi connectivity index (χ0) is 16.3. The fourth-order valence-corrected chi connectivity index (χ4v) is 3.58. The number of likely N-dealkylation sites (N-methyl/N-ethyl adjacent to an activating group) is 1. The maximum atomic E-state index is 12.6. The van der Waals surface area contributed by atoms with Crippen LogP contribution in [0.15, 0.2) is 6.20 Å². The molecular formula is C15H24N4O2S. The van der Waals surface area contributed by atoms with Gasteiger partial charge >= 0.3 is 0 Å². The third-order valence-corrected chi connectivity index (χ3v) is 5.13. The molecule has 1 aromatic heterocycles. The van der Waals surface area contributed by atoms with Crippen LogP contribution in [0.5, 0.6) is 0 Å². The van der Waals surface area contributed by atoms with Crippen LogP contribution in [-0.4, -0.2) is 52.8 Å². The van der Waals surface area contributed by atoms with E-state index in [-0.39, 0.29) is 23.8 Å². The van der Waals surface area contributed by atoms with Crippen molar-refractivity contribution >= 4 is 23.2 Å². The van der Waals surface area contributed by atoms with Crippen LogP contribution < -0.4 is 5.73 Å². The Bertz CT molecular complexity index is 545. The molecule has 1 aliphatic heterocycles. The molecule has 0 radical (unpaired) electrons. The molecule has 2 rings (SSSR count). The zero-order valence-corrected chi connectivity index (χ0v) is 14.2. The highest BCUT2D eigenvalue weighted by Gasteiger charge is 2.30. The zero-order valence-electron chi connectivity index (χ0n) is 13.4. The highest BCUT2D eigenvalue weighted by atomic mass is 32.1. The second-order valence-corrected chi connectivity index (χ2v) is 7.28. The summed E-state index contributed by atoms with van der Waals surface area (Å²) in [7, 11) is 1.94. The molecule has 0 aliphatic carbocycles. The number of aromatic nitrogens is 1. The molecule has 1 fully saturated rings. The molecule has 22 heavy (non-hydrogen) atoms. The number of carbonyl (C=O) groups is 2. The highest BCUT2D eigenvalue weighted by molar-refractivity contribution is 7.11. The van der Waals surface area contributed by atoms with E-state index < -0.39 is 0 Å². The standard InChI is InChI=1S/C15H24N4O2S/c1-10(18(3)9-13-7-17-11(2)22-13)15(21)19-6-4-5-12(8-19)14(16)20/h7,10,12H,4-6,8-9H2,1-3H3,(H2,16,20)/t10-,12+/m0/s1. The minimum absolute atomic E-state index is 0.0645. The van der Waals surface area contributed by atoms with Crippen LogP contribution in [0.2, 0.25) is 0 Å². The van der Waals surface area contributed by atoms with E-state index in [1.165, 1.54) is 0 Å². The molecule has 2 atom stereocenters. The lowest BCUT2D eigenvalue weighted by molar-refractivity contribution is -0.139. The molecule has 0 spiro atoms. The number of piperidine rings is 1. The molecular weight excluding hydrogens is 300 g/mol. The van der Waals surface area contributed by atoms with Crippen LogP contribution in [0.25, 0.3) is 0 Å². The fraction of sp³-hybridized carbons (Fsp3) is 0.667. The number of amides is 2. The van der Waals surface area contributed by atoms with Crippen LogP contribution in [-0.2, 0) is 16.1 Å². The number of likely N-dealkylation sites (tertiary alicyclic amines) is 1. The third-order valence-electron chi connectivity index (χ3n) is 4.23. The maximum Gasteiger partial charge on any atom is 0.239 e. The van der Waals surface area contributed by atoms with Gasteiger partial charge in [-0.15, -0.1) is 11.3 Å². The van der Waals surface area contributed by atoms with E-state index in [4.69, 9.17) is 5.73 Å². The van der Waals surface area contributed by atoms with Gasteiger partial charge in [0.15, 0.2) is 0 Å². The second-order valence-electron chi connectivity index (χ2n) is 5.96. The summed E-state index contributed by atoms with van der Waals surface area (Å²) < 4.78 is 0. The number of carbonyl (C=O) groups excluding carboxylic acids is 2. The largest absolute Gasteiger partial charge is 0.369 e. The van der Waals surface area contributed by atoms with E-state index >= 15 is 0 Å². The summed E-state index contributed by atoms with van der Waals surface area (Å²) in [6, 6.07) is -0.228. The van der Waals surface area contributed by atoms with Gasteiger partial charge in [-0.2, -0.15) is 0 Å². The summed E-state index contributed by atoms with van der Waals surface area (Å²) in [5.74, 6) is -0.451. The van der Waals surface area contributed by atoms with Crippen molar-refractivity contribution in [3.63, 3.8) is 0 Å². The van der Waals surface area contributed by atoms with Gasteiger partial charge in [-0.3, -0.25) is 14.5 Å². The minimum atomic E-state index is -0.307. The Morgan fingerprint density at radius 2 is 2.32 bits per heavy atom. The summed E-state index contributed by atoms with van der Waals surface area (Å²) in [5, 5.41) is 1.03. The lowest BCUT2D eigenvalue weighted by Gasteiger charge is -2.35. The topological polar surface area (TPSA) is 79.5 Å². The van der Waals surface area contributed by atoms with E-state index in [2.05, 4.69) is 4.98 Å². The molecule has 7 heteroatoms. The first kappa shape index (κ1) is 16.9. The predicted octanol–water partition coefficient (Wildman–Crippen LogP) is 0.996. The van der Waals surface area contributed by atoms with Crippen LogP contribution >= 0.6 is 11.3 Å². The predicted molar refractivity (Wildman–Crippen MR) is 86.3 cm³/mol. The summed E-state index contributed by atoms with van der Waals surface area (Å²) in [4.78, 5) is 33.1. The van der Waals surface area contributed by atoms with Crippen molar-refractivity contribution in [2.45, 2.75) is 39.3 Å². The van der Waals surface area contributed by atoms with Crippen molar-refractivity contribution in [1.29, 1.82) is 0 Å². The molecule has 0 aromatic carbocycles.